The fourth-order valence-corrected chi connectivity index (χ4v) is 2.89. The summed E-state index contributed by atoms with van der Waals surface area (Å²) in [6.07, 6.45) is 0.00827. The molecule has 0 aromatic carbocycles. The van der Waals surface area contributed by atoms with E-state index in [1.807, 2.05) is 19.9 Å². The number of aryl methyl sites for hydroxylation is 1. The summed E-state index contributed by atoms with van der Waals surface area (Å²) in [5.74, 6) is -0.678. The number of aromatic nitrogens is 1. The zero-order valence-corrected chi connectivity index (χ0v) is 17.5. The summed E-state index contributed by atoms with van der Waals surface area (Å²) in [7, 11) is 0. The Balaban J connectivity index is 2.38. The predicted molar refractivity (Wildman–Crippen MR) is 103 cm³/mol. The lowest BCUT2D eigenvalue weighted by atomic mass is 10.1. The zero-order valence-electron chi connectivity index (χ0n) is 17.5. The van der Waals surface area contributed by atoms with Gasteiger partial charge in [0, 0.05) is 36.0 Å². The van der Waals surface area contributed by atoms with Crippen LogP contribution in [0.4, 0.5) is 4.79 Å². The van der Waals surface area contributed by atoms with Crippen molar-refractivity contribution in [2.75, 3.05) is 13.2 Å². The van der Waals surface area contributed by atoms with Crippen LogP contribution >= 0.6 is 0 Å². The molecule has 0 unspecified atom stereocenters. The third kappa shape index (κ3) is 7.45. The lowest BCUT2D eigenvalue weighted by Gasteiger charge is -2.19. The molecule has 0 atom stereocenters. The molecule has 0 spiro atoms. The molecule has 1 N–H and O–H groups in total. The van der Waals surface area contributed by atoms with Crippen molar-refractivity contribution in [1.29, 1.82) is 0 Å². The third-order valence-electron chi connectivity index (χ3n) is 3.89. The van der Waals surface area contributed by atoms with Crippen molar-refractivity contribution in [3.05, 3.63) is 23.0 Å². The first kappa shape index (κ1) is 22.7. The summed E-state index contributed by atoms with van der Waals surface area (Å²) in [6.45, 7) is 13.3. The molecule has 1 rings (SSSR count). The predicted octanol–water partition coefficient (Wildman–Crippen LogP) is 3.72. The molecule has 0 aliphatic heterocycles. The monoisotopic (exact) mass is 380 g/mol. The van der Waals surface area contributed by atoms with Gasteiger partial charge in [0.1, 0.15) is 5.60 Å². The Morgan fingerprint density at radius 1 is 1.19 bits per heavy atom. The topological polar surface area (TPSA) is 86.6 Å². The fraction of sp³-hybridized carbons (Fsp3) is 0.650. The molecule has 1 amide bonds. The average molecular weight is 380 g/mol. The van der Waals surface area contributed by atoms with Gasteiger partial charge in [0.25, 0.3) is 0 Å². The second-order valence-corrected chi connectivity index (χ2v) is 7.86. The first-order chi connectivity index (χ1) is 12.4. The number of alkyl carbamates (subject to hydrolysis) is 1. The molecule has 0 saturated carbocycles. The Kier molecular flexibility index (Phi) is 8.06. The van der Waals surface area contributed by atoms with Crippen molar-refractivity contribution < 1.29 is 23.9 Å². The van der Waals surface area contributed by atoms with Gasteiger partial charge >= 0.3 is 12.1 Å². The van der Waals surface area contributed by atoms with Gasteiger partial charge in [-0.1, -0.05) is 0 Å². The molecule has 1 heterocycles. The van der Waals surface area contributed by atoms with Crippen molar-refractivity contribution in [2.45, 2.75) is 73.0 Å². The lowest BCUT2D eigenvalue weighted by molar-refractivity contribution is -0.142. The molecule has 0 radical (unpaired) electrons. The number of carbonyl (C=O) groups excluding carboxylic acids is 3. The van der Waals surface area contributed by atoms with Gasteiger partial charge < -0.3 is 19.4 Å². The van der Waals surface area contributed by atoms with Gasteiger partial charge in [0.15, 0.2) is 6.61 Å². The van der Waals surface area contributed by atoms with Crippen molar-refractivity contribution in [2.24, 2.45) is 0 Å². The smallest absolute Gasteiger partial charge is 0.407 e. The number of Topliss-reactive ketones (excluding diaryl/α,β-unsaturated/α-hetero) is 1. The number of carbonyl (C=O) groups is 3. The van der Waals surface area contributed by atoms with Gasteiger partial charge in [-0.15, -0.1) is 0 Å². The number of rotatable bonds is 8. The summed E-state index contributed by atoms with van der Waals surface area (Å²) in [5.41, 5.74) is 1.91. The van der Waals surface area contributed by atoms with Gasteiger partial charge in [-0.2, -0.15) is 0 Å². The van der Waals surface area contributed by atoms with E-state index in [4.69, 9.17) is 9.47 Å². The molecular weight excluding hydrogens is 348 g/mol. The Hall–Kier alpha value is -2.31. The number of nitrogens with zero attached hydrogens (tertiary/aromatic N) is 1. The van der Waals surface area contributed by atoms with E-state index in [0.29, 0.717) is 18.5 Å². The van der Waals surface area contributed by atoms with Gasteiger partial charge in [-0.25, -0.2) is 4.79 Å². The van der Waals surface area contributed by atoms with E-state index in [1.165, 1.54) is 0 Å². The first-order valence-corrected chi connectivity index (χ1v) is 9.26. The Morgan fingerprint density at radius 3 is 2.33 bits per heavy atom. The SMILES string of the molecule is Cc1cc(C(=O)COC(=O)CCCNC(=O)OC(C)(C)C)c(C)n1C(C)C. The maximum atomic E-state index is 12.3. The van der Waals surface area contributed by atoms with Crippen molar-refractivity contribution in [3.8, 4) is 0 Å². The van der Waals surface area contributed by atoms with E-state index in [2.05, 4.69) is 23.7 Å². The summed E-state index contributed by atoms with van der Waals surface area (Å²) in [5, 5.41) is 2.57. The maximum absolute atomic E-state index is 12.3. The van der Waals surface area contributed by atoms with Gasteiger partial charge in [-0.05, 0) is 61.0 Å². The van der Waals surface area contributed by atoms with Crippen molar-refractivity contribution in [3.63, 3.8) is 0 Å². The quantitative estimate of drug-likeness (QED) is 0.422. The molecule has 1 aromatic rings. The number of nitrogens with one attached hydrogen (secondary N) is 1. The second kappa shape index (κ2) is 9.58. The minimum Gasteiger partial charge on any atom is -0.457 e. The largest absolute Gasteiger partial charge is 0.457 e. The normalized spacial score (nSPS) is 11.4. The van der Waals surface area contributed by atoms with Crippen LogP contribution in [-0.2, 0) is 14.3 Å². The number of esters is 1. The zero-order chi connectivity index (χ0) is 20.8. The average Bonchev–Trinajstić information content (AvgIpc) is 2.82. The highest BCUT2D eigenvalue weighted by molar-refractivity contribution is 5.99. The molecule has 27 heavy (non-hydrogen) atoms. The van der Waals surface area contributed by atoms with Crippen LogP contribution < -0.4 is 5.32 Å². The Bertz CT molecular complexity index is 683. The van der Waals surface area contributed by atoms with Crippen LogP contribution in [0.3, 0.4) is 0 Å². The Morgan fingerprint density at radius 2 is 1.81 bits per heavy atom. The number of hydrogen-bond acceptors (Lipinski definition) is 5. The third-order valence-corrected chi connectivity index (χ3v) is 3.89. The Labute approximate surface area is 161 Å². The molecule has 0 fully saturated rings. The van der Waals surface area contributed by atoms with Gasteiger partial charge in [0.2, 0.25) is 5.78 Å². The van der Waals surface area contributed by atoms with Crippen LogP contribution in [0.25, 0.3) is 0 Å². The van der Waals surface area contributed by atoms with Gasteiger partial charge in [-0.3, -0.25) is 9.59 Å². The summed E-state index contributed by atoms with van der Waals surface area (Å²) >= 11 is 0. The van der Waals surface area contributed by atoms with E-state index in [9.17, 15) is 14.4 Å². The molecule has 1 aromatic heterocycles. The molecule has 0 bridgehead atoms. The summed E-state index contributed by atoms with van der Waals surface area (Å²) < 4.78 is 12.2. The molecule has 152 valence electrons. The van der Waals surface area contributed by atoms with Crippen molar-refractivity contribution >= 4 is 17.8 Å². The minimum absolute atomic E-state index is 0.119. The van der Waals surface area contributed by atoms with Crippen LogP contribution in [0.5, 0.6) is 0 Å². The number of hydrogen-bond donors (Lipinski definition) is 1. The second-order valence-electron chi connectivity index (χ2n) is 7.86. The summed E-state index contributed by atoms with van der Waals surface area (Å²) in [6, 6.07) is 2.09. The molecule has 7 nitrogen and oxygen atoms in total. The molecule has 0 saturated heterocycles. The van der Waals surface area contributed by atoms with E-state index in [-0.39, 0.29) is 24.9 Å². The first-order valence-electron chi connectivity index (χ1n) is 9.26. The van der Waals surface area contributed by atoms with Crippen LogP contribution in [0, 0.1) is 13.8 Å². The highest BCUT2D eigenvalue weighted by Gasteiger charge is 2.19. The standard InChI is InChI=1S/C20H32N2O5/c1-13(2)22-14(3)11-16(15(22)4)17(23)12-26-18(24)9-8-10-21-19(25)27-20(5,6)7/h11,13H,8-10,12H2,1-7H3,(H,21,25). The molecule has 0 aliphatic rings. The lowest BCUT2D eigenvalue weighted by Crippen LogP contribution is -2.33. The number of ketones is 1. The van der Waals surface area contributed by atoms with Gasteiger partial charge in [0.05, 0.1) is 0 Å². The maximum Gasteiger partial charge on any atom is 0.407 e. The van der Waals surface area contributed by atoms with E-state index in [0.717, 1.165) is 11.4 Å². The van der Waals surface area contributed by atoms with Crippen LogP contribution in [0.1, 0.15) is 75.2 Å². The van der Waals surface area contributed by atoms with Crippen molar-refractivity contribution in [1.82, 2.24) is 9.88 Å². The van der Waals surface area contributed by atoms with E-state index < -0.39 is 17.7 Å². The number of ether oxygens (including phenoxy) is 2. The molecule has 0 aliphatic carbocycles. The summed E-state index contributed by atoms with van der Waals surface area (Å²) in [4.78, 5) is 35.6. The fourth-order valence-electron chi connectivity index (χ4n) is 2.89. The van der Waals surface area contributed by atoms with Crippen LogP contribution in [0.15, 0.2) is 6.07 Å². The molecular formula is C20H32N2O5. The van der Waals surface area contributed by atoms with E-state index >= 15 is 0 Å². The van der Waals surface area contributed by atoms with Crippen LogP contribution in [0.2, 0.25) is 0 Å². The van der Waals surface area contributed by atoms with E-state index in [1.54, 1.807) is 20.8 Å². The highest BCUT2D eigenvalue weighted by Crippen LogP contribution is 2.20. The minimum atomic E-state index is -0.561. The molecule has 7 heteroatoms. The highest BCUT2D eigenvalue weighted by atomic mass is 16.6. The number of amides is 1. The van der Waals surface area contributed by atoms with Crippen LogP contribution in [-0.4, -0.2) is 41.2 Å².